The van der Waals surface area contributed by atoms with Crippen molar-refractivity contribution in [1.29, 1.82) is 0 Å². The van der Waals surface area contributed by atoms with Gasteiger partial charge in [0.05, 0.1) is 10.4 Å². The standard InChI is InChI=1S/C13H13BrFNO3/c14-10-5-8(1-3-11(10)15)6-16-7-9(13(18)19)2-4-12(16)17/h1,3,5,9H,2,4,6-7H2,(H,18,19). The molecule has 0 spiro atoms. The molecular weight excluding hydrogens is 317 g/mol. The van der Waals surface area contributed by atoms with Crippen molar-refractivity contribution in [2.45, 2.75) is 19.4 Å². The number of carboxylic acids is 1. The van der Waals surface area contributed by atoms with Gasteiger partial charge < -0.3 is 10.0 Å². The van der Waals surface area contributed by atoms with Crippen LogP contribution >= 0.6 is 15.9 Å². The van der Waals surface area contributed by atoms with Crippen molar-refractivity contribution in [2.24, 2.45) is 5.92 Å². The van der Waals surface area contributed by atoms with E-state index in [1.54, 1.807) is 12.1 Å². The van der Waals surface area contributed by atoms with Gasteiger partial charge in [0, 0.05) is 19.5 Å². The number of nitrogens with zero attached hydrogens (tertiary/aromatic N) is 1. The van der Waals surface area contributed by atoms with Crippen molar-refractivity contribution < 1.29 is 19.1 Å². The minimum Gasteiger partial charge on any atom is -0.481 e. The lowest BCUT2D eigenvalue weighted by atomic mass is 9.97. The smallest absolute Gasteiger partial charge is 0.308 e. The molecule has 1 aromatic carbocycles. The summed E-state index contributed by atoms with van der Waals surface area (Å²) in [7, 11) is 0. The Morgan fingerprint density at radius 2 is 2.26 bits per heavy atom. The van der Waals surface area contributed by atoms with E-state index >= 15 is 0 Å². The van der Waals surface area contributed by atoms with Crippen molar-refractivity contribution in [3.8, 4) is 0 Å². The average Bonchev–Trinajstić information content (AvgIpc) is 2.36. The van der Waals surface area contributed by atoms with Gasteiger partial charge in [-0.25, -0.2) is 4.39 Å². The monoisotopic (exact) mass is 329 g/mol. The third kappa shape index (κ3) is 3.32. The fourth-order valence-electron chi connectivity index (χ4n) is 2.13. The van der Waals surface area contributed by atoms with E-state index in [9.17, 15) is 14.0 Å². The van der Waals surface area contributed by atoms with E-state index in [1.807, 2.05) is 0 Å². The lowest BCUT2D eigenvalue weighted by Gasteiger charge is -2.30. The van der Waals surface area contributed by atoms with Crippen LogP contribution in [0.5, 0.6) is 0 Å². The van der Waals surface area contributed by atoms with Gasteiger partial charge in [-0.1, -0.05) is 6.07 Å². The maximum Gasteiger partial charge on any atom is 0.308 e. The van der Waals surface area contributed by atoms with Crippen LogP contribution < -0.4 is 0 Å². The van der Waals surface area contributed by atoms with Crippen LogP contribution in [-0.2, 0) is 16.1 Å². The molecule has 0 bridgehead atoms. The summed E-state index contributed by atoms with van der Waals surface area (Å²) in [5.41, 5.74) is 0.771. The van der Waals surface area contributed by atoms with Crippen LogP contribution in [0.3, 0.4) is 0 Å². The molecule has 1 saturated heterocycles. The number of likely N-dealkylation sites (tertiary alicyclic amines) is 1. The molecule has 0 aliphatic carbocycles. The third-order valence-corrected chi connectivity index (χ3v) is 3.81. The molecule has 0 saturated carbocycles. The van der Waals surface area contributed by atoms with Crippen LogP contribution in [0.4, 0.5) is 4.39 Å². The minimum absolute atomic E-state index is 0.0575. The number of benzene rings is 1. The largest absolute Gasteiger partial charge is 0.481 e. The van der Waals surface area contributed by atoms with E-state index in [0.717, 1.165) is 5.56 Å². The van der Waals surface area contributed by atoms with Crippen LogP contribution in [-0.4, -0.2) is 28.4 Å². The number of hydrogen-bond donors (Lipinski definition) is 1. The molecule has 1 amide bonds. The zero-order chi connectivity index (χ0) is 14.0. The Kier molecular flexibility index (Phi) is 4.19. The lowest BCUT2D eigenvalue weighted by molar-refractivity contribution is -0.147. The molecule has 1 aliphatic rings. The highest BCUT2D eigenvalue weighted by atomic mass is 79.9. The fraction of sp³-hybridized carbons (Fsp3) is 0.385. The maximum atomic E-state index is 13.1. The summed E-state index contributed by atoms with van der Waals surface area (Å²) in [6.07, 6.45) is 0.636. The Bertz CT molecular complexity index is 521. The topological polar surface area (TPSA) is 57.6 Å². The number of carboxylic acid groups (broad SMARTS) is 1. The number of piperidine rings is 1. The first-order valence-corrected chi connectivity index (χ1v) is 6.71. The lowest BCUT2D eigenvalue weighted by Crippen LogP contribution is -2.42. The van der Waals surface area contributed by atoms with Crippen molar-refractivity contribution >= 4 is 27.8 Å². The first-order chi connectivity index (χ1) is 8.97. The second-order valence-electron chi connectivity index (χ2n) is 4.60. The average molecular weight is 330 g/mol. The Morgan fingerprint density at radius 3 is 2.89 bits per heavy atom. The van der Waals surface area contributed by atoms with Crippen LogP contribution in [0.15, 0.2) is 22.7 Å². The van der Waals surface area contributed by atoms with E-state index < -0.39 is 11.9 Å². The second-order valence-corrected chi connectivity index (χ2v) is 5.45. The van der Waals surface area contributed by atoms with Crippen molar-refractivity contribution in [3.63, 3.8) is 0 Å². The summed E-state index contributed by atoms with van der Waals surface area (Å²) in [4.78, 5) is 24.2. The van der Waals surface area contributed by atoms with Gasteiger partial charge in [-0.3, -0.25) is 9.59 Å². The highest BCUT2D eigenvalue weighted by molar-refractivity contribution is 9.10. The van der Waals surface area contributed by atoms with E-state index in [1.165, 1.54) is 11.0 Å². The maximum absolute atomic E-state index is 13.1. The van der Waals surface area contributed by atoms with Gasteiger partial charge in [-0.15, -0.1) is 0 Å². The van der Waals surface area contributed by atoms with Crippen LogP contribution in [0.2, 0.25) is 0 Å². The predicted octanol–water partition coefficient (Wildman–Crippen LogP) is 2.41. The Morgan fingerprint density at radius 1 is 1.53 bits per heavy atom. The fourth-order valence-corrected chi connectivity index (χ4v) is 2.55. The summed E-state index contributed by atoms with van der Waals surface area (Å²) in [6.45, 7) is 0.519. The first kappa shape index (κ1) is 14.0. The van der Waals surface area contributed by atoms with Gasteiger partial charge in [0.15, 0.2) is 0 Å². The number of carbonyl (C=O) groups excluding carboxylic acids is 1. The summed E-state index contributed by atoms with van der Waals surface area (Å²) >= 11 is 3.09. The van der Waals surface area contributed by atoms with E-state index in [4.69, 9.17) is 5.11 Å². The zero-order valence-electron chi connectivity index (χ0n) is 10.1. The molecule has 1 unspecified atom stereocenters. The van der Waals surface area contributed by atoms with Crippen LogP contribution in [0, 0.1) is 11.7 Å². The Hall–Kier alpha value is -1.43. The number of amides is 1. The number of hydrogen-bond acceptors (Lipinski definition) is 2. The minimum atomic E-state index is -0.877. The Labute approximate surface area is 118 Å². The van der Waals surface area contributed by atoms with Gasteiger partial charge in [-0.05, 0) is 40.0 Å². The van der Waals surface area contributed by atoms with Gasteiger partial charge >= 0.3 is 5.97 Å². The number of aliphatic carboxylic acids is 1. The highest BCUT2D eigenvalue weighted by Crippen LogP contribution is 2.22. The van der Waals surface area contributed by atoms with Crippen molar-refractivity contribution in [2.75, 3.05) is 6.54 Å². The first-order valence-electron chi connectivity index (χ1n) is 5.92. The molecule has 2 rings (SSSR count). The molecule has 1 N–H and O–H groups in total. The molecule has 1 heterocycles. The predicted molar refractivity (Wildman–Crippen MR) is 69.9 cm³/mol. The van der Waals surface area contributed by atoms with Crippen LogP contribution in [0.25, 0.3) is 0 Å². The van der Waals surface area contributed by atoms with E-state index in [-0.39, 0.29) is 24.7 Å². The zero-order valence-corrected chi connectivity index (χ0v) is 11.7. The van der Waals surface area contributed by atoms with Crippen molar-refractivity contribution in [1.82, 2.24) is 4.90 Å². The summed E-state index contributed by atoms with van der Waals surface area (Å²) in [5, 5.41) is 8.99. The number of halogens is 2. The van der Waals surface area contributed by atoms with Gasteiger partial charge in [-0.2, -0.15) is 0 Å². The summed E-state index contributed by atoms with van der Waals surface area (Å²) in [6, 6.07) is 4.52. The number of rotatable bonds is 3. The Balaban J connectivity index is 2.09. The molecule has 19 heavy (non-hydrogen) atoms. The summed E-state index contributed by atoms with van der Waals surface area (Å²) in [5.74, 6) is -1.81. The highest BCUT2D eigenvalue weighted by Gasteiger charge is 2.29. The summed E-state index contributed by atoms with van der Waals surface area (Å²) < 4.78 is 13.5. The third-order valence-electron chi connectivity index (χ3n) is 3.21. The quantitative estimate of drug-likeness (QED) is 0.926. The van der Waals surface area contributed by atoms with Gasteiger partial charge in [0.2, 0.25) is 5.91 Å². The molecule has 1 aromatic rings. The van der Waals surface area contributed by atoms with E-state index in [2.05, 4.69) is 15.9 Å². The normalized spacial score (nSPS) is 19.6. The number of carbonyl (C=O) groups is 2. The molecule has 1 fully saturated rings. The molecule has 102 valence electrons. The molecule has 1 aliphatic heterocycles. The molecule has 0 radical (unpaired) electrons. The van der Waals surface area contributed by atoms with E-state index in [0.29, 0.717) is 17.4 Å². The van der Waals surface area contributed by atoms with Gasteiger partial charge in [0.25, 0.3) is 0 Å². The van der Waals surface area contributed by atoms with Crippen LogP contribution in [0.1, 0.15) is 18.4 Å². The molecule has 6 heteroatoms. The molecule has 4 nitrogen and oxygen atoms in total. The molecule has 0 aromatic heterocycles. The molecule has 1 atom stereocenters. The molecular formula is C13H13BrFNO3. The second kappa shape index (κ2) is 5.69. The van der Waals surface area contributed by atoms with Crippen molar-refractivity contribution in [3.05, 3.63) is 34.1 Å². The SMILES string of the molecule is O=C(O)C1CCC(=O)N(Cc2ccc(F)c(Br)c2)C1. The van der Waals surface area contributed by atoms with Gasteiger partial charge in [0.1, 0.15) is 5.82 Å².